The fourth-order valence-electron chi connectivity index (χ4n) is 2.54. The number of esters is 1. The lowest BCUT2D eigenvalue weighted by Gasteiger charge is -2.19. The molecule has 2 rings (SSSR count). The Kier molecular flexibility index (Phi) is 7.95. The molecule has 2 atom stereocenters. The van der Waals surface area contributed by atoms with Crippen molar-refractivity contribution >= 4 is 11.9 Å². The van der Waals surface area contributed by atoms with Gasteiger partial charge in [0.25, 0.3) is 0 Å². The van der Waals surface area contributed by atoms with Gasteiger partial charge in [-0.1, -0.05) is 55.5 Å². The third kappa shape index (κ3) is 6.49. The molecular weight excluding hydrogens is 349 g/mol. The number of ether oxygens (including phenoxy) is 2. The molecule has 0 aromatic heterocycles. The fourth-order valence-corrected chi connectivity index (χ4v) is 2.54. The van der Waals surface area contributed by atoms with Gasteiger partial charge in [-0.15, -0.1) is 0 Å². The SMILES string of the molecule is COC(=O)[C@H](Cc1ccccc1F)NC(=O)[C@H](C)COCc1ccccc1. The number of amides is 1. The molecule has 5 nitrogen and oxygen atoms in total. The first-order valence-corrected chi connectivity index (χ1v) is 8.74. The van der Waals surface area contributed by atoms with E-state index >= 15 is 0 Å². The van der Waals surface area contributed by atoms with E-state index in [1.54, 1.807) is 25.1 Å². The van der Waals surface area contributed by atoms with Crippen molar-refractivity contribution in [2.45, 2.75) is 26.0 Å². The third-order valence-electron chi connectivity index (χ3n) is 4.11. The van der Waals surface area contributed by atoms with Gasteiger partial charge in [0.15, 0.2) is 0 Å². The molecule has 0 bridgehead atoms. The smallest absolute Gasteiger partial charge is 0.328 e. The lowest BCUT2D eigenvalue weighted by atomic mass is 10.0. The molecule has 0 aliphatic heterocycles. The highest BCUT2D eigenvalue weighted by Crippen LogP contribution is 2.11. The zero-order valence-corrected chi connectivity index (χ0v) is 15.5. The molecule has 0 unspecified atom stereocenters. The zero-order valence-electron chi connectivity index (χ0n) is 15.5. The Hall–Kier alpha value is -2.73. The van der Waals surface area contributed by atoms with Crippen LogP contribution in [-0.2, 0) is 32.1 Å². The number of carbonyl (C=O) groups excluding carboxylic acids is 2. The van der Waals surface area contributed by atoms with Crippen LogP contribution in [0, 0.1) is 11.7 Å². The van der Waals surface area contributed by atoms with E-state index in [0.29, 0.717) is 12.2 Å². The molecule has 0 aliphatic carbocycles. The molecule has 2 aromatic rings. The lowest BCUT2D eigenvalue weighted by Crippen LogP contribution is -2.46. The molecule has 0 fully saturated rings. The minimum atomic E-state index is -0.962. The minimum absolute atomic E-state index is 0.0165. The highest BCUT2D eigenvalue weighted by molar-refractivity contribution is 5.85. The van der Waals surface area contributed by atoms with Gasteiger partial charge in [0, 0.05) is 6.42 Å². The highest BCUT2D eigenvalue weighted by atomic mass is 19.1. The van der Waals surface area contributed by atoms with E-state index in [0.717, 1.165) is 5.56 Å². The van der Waals surface area contributed by atoms with E-state index < -0.39 is 23.7 Å². The molecule has 0 radical (unpaired) electrons. The van der Waals surface area contributed by atoms with Crippen LogP contribution in [0.3, 0.4) is 0 Å². The summed E-state index contributed by atoms with van der Waals surface area (Å²) < 4.78 is 24.2. The summed E-state index contributed by atoms with van der Waals surface area (Å²) in [4.78, 5) is 24.4. The molecule has 0 aliphatic rings. The average molecular weight is 373 g/mol. The number of hydrogen-bond donors (Lipinski definition) is 1. The van der Waals surface area contributed by atoms with E-state index in [1.165, 1.54) is 13.2 Å². The van der Waals surface area contributed by atoms with Gasteiger partial charge < -0.3 is 14.8 Å². The fraction of sp³-hybridized carbons (Fsp3) is 0.333. The normalized spacial score (nSPS) is 12.9. The van der Waals surface area contributed by atoms with E-state index in [2.05, 4.69) is 5.32 Å². The number of benzene rings is 2. The van der Waals surface area contributed by atoms with E-state index in [4.69, 9.17) is 9.47 Å². The van der Waals surface area contributed by atoms with Crippen molar-refractivity contribution in [2.75, 3.05) is 13.7 Å². The predicted molar refractivity (Wildman–Crippen MR) is 99.3 cm³/mol. The largest absolute Gasteiger partial charge is 0.467 e. The molecule has 2 aromatic carbocycles. The van der Waals surface area contributed by atoms with Gasteiger partial charge >= 0.3 is 5.97 Å². The second-order valence-electron chi connectivity index (χ2n) is 6.28. The van der Waals surface area contributed by atoms with E-state index in [-0.39, 0.29) is 18.9 Å². The van der Waals surface area contributed by atoms with Gasteiger partial charge in [-0.25, -0.2) is 9.18 Å². The summed E-state index contributed by atoms with van der Waals surface area (Å²) in [7, 11) is 1.23. The molecular formula is C21H24FNO4. The van der Waals surface area contributed by atoms with E-state index in [9.17, 15) is 14.0 Å². The van der Waals surface area contributed by atoms with Crippen molar-refractivity contribution in [3.8, 4) is 0 Å². The Morgan fingerprint density at radius 3 is 2.41 bits per heavy atom. The van der Waals surface area contributed by atoms with Crippen LogP contribution in [0.1, 0.15) is 18.1 Å². The van der Waals surface area contributed by atoms with E-state index in [1.807, 2.05) is 30.3 Å². The van der Waals surface area contributed by atoms with Crippen LogP contribution in [0.2, 0.25) is 0 Å². The van der Waals surface area contributed by atoms with Crippen molar-refractivity contribution in [3.05, 3.63) is 71.5 Å². The van der Waals surface area contributed by atoms with Crippen molar-refractivity contribution in [1.29, 1.82) is 0 Å². The average Bonchev–Trinajstić information content (AvgIpc) is 2.69. The molecule has 0 heterocycles. The number of nitrogens with one attached hydrogen (secondary N) is 1. The Labute approximate surface area is 158 Å². The van der Waals surface area contributed by atoms with Crippen molar-refractivity contribution in [2.24, 2.45) is 5.92 Å². The molecule has 0 saturated heterocycles. The van der Waals surface area contributed by atoms with Crippen molar-refractivity contribution in [1.82, 2.24) is 5.32 Å². The first kappa shape index (κ1) is 20.6. The number of rotatable bonds is 9. The Bertz CT molecular complexity index is 751. The maximum Gasteiger partial charge on any atom is 0.328 e. The van der Waals surface area contributed by atoms with Gasteiger partial charge in [0.1, 0.15) is 11.9 Å². The summed E-state index contributed by atoms with van der Waals surface area (Å²) >= 11 is 0. The molecule has 6 heteroatoms. The number of carbonyl (C=O) groups is 2. The molecule has 0 saturated carbocycles. The van der Waals surface area contributed by atoms with Crippen LogP contribution in [0.5, 0.6) is 0 Å². The lowest BCUT2D eigenvalue weighted by molar-refractivity contribution is -0.145. The van der Waals surface area contributed by atoms with Gasteiger partial charge in [-0.2, -0.15) is 0 Å². The first-order valence-electron chi connectivity index (χ1n) is 8.74. The van der Waals surface area contributed by atoms with Gasteiger partial charge in [0.05, 0.1) is 26.2 Å². The summed E-state index contributed by atoms with van der Waals surface area (Å²) in [6, 6.07) is 14.8. The standard InChI is InChI=1S/C21H24FNO4/c1-15(13-27-14-16-8-4-3-5-9-16)20(24)23-19(21(25)26-2)12-17-10-6-7-11-18(17)22/h3-11,15,19H,12-14H2,1-2H3,(H,23,24)/t15-,19+/m1/s1. The number of hydrogen-bond acceptors (Lipinski definition) is 4. The van der Waals surface area contributed by atoms with Crippen LogP contribution in [0.25, 0.3) is 0 Å². The molecule has 27 heavy (non-hydrogen) atoms. The van der Waals surface area contributed by atoms with Crippen LogP contribution >= 0.6 is 0 Å². The maximum atomic E-state index is 13.9. The molecule has 1 N–H and O–H groups in total. The maximum absolute atomic E-state index is 13.9. The highest BCUT2D eigenvalue weighted by Gasteiger charge is 2.25. The second-order valence-corrected chi connectivity index (χ2v) is 6.28. The molecule has 144 valence electrons. The summed E-state index contributed by atoms with van der Waals surface area (Å²) in [5, 5.41) is 2.63. The third-order valence-corrected chi connectivity index (χ3v) is 4.11. The Morgan fingerprint density at radius 2 is 1.74 bits per heavy atom. The van der Waals surface area contributed by atoms with Crippen LogP contribution in [0.15, 0.2) is 54.6 Å². The monoisotopic (exact) mass is 373 g/mol. The summed E-state index contributed by atoms with van der Waals surface area (Å²) in [6.45, 7) is 2.31. The van der Waals surface area contributed by atoms with Gasteiger partial charge in [0.2, 0.25) is 5.91 Å². The summed E-state index contributed by atoms with van der Waals surface area (Å²) in [5.41, 5.74) is 1.35. The van der Waals surface area contributed by atoms with Gasteiger partial charge in [-0.3, -0.25) is 4.79 Å². The second kappa shape index (κ2) is 10.4. The topological polar surface area (TPSA) is 64.6 Å². The van der Waals surface area contributed by atoms with Gasteiger partial charge in [-0.05, 0) is 17.2 Å². The van der Waals surface area contributed by atoms with Crippen molar-refractivity contribution in [3.63, 3.8) is 0 Å². The summed E-state index contributed by atoms with van der Waals surface area (Å²) in [6.07, 6.45) is 0.0165. The van der Waals surface area contributed by atoms with Crippen molar-refractivity contribution < 1.29 is 23.5 Å². The van der Waals surface area contributed by atoms with Crippen LogP contribution in [0.4, 0.5) is 4.39 Å². The summed E-state index contributed by atoms with van der Waals surface area (Å²) in [5.74, 6) is -1.87. The van der Waals surface area contributed by atoms with Crippen LogP contribution in [-0.4, -0.2) is 31.6 Å². The number of methoxy groups -OCH3 is 1. The molecule has 1 amide bonds. The Balaban J connectivity index is 1.90. The Morgan fingerprint density at radius 1 is 1.07 bits per heavy atom. The minimum Gasteiger partial charge on any atom is -0.467 e. The quantitative estimate of drug-likeness (QED) is 0.687. The van der Waals surface area contributed by atoms with Crippen LogP contribution < -0.4 is 5.32 Å². The number of halogens is 1. The predicted octanol–water partition coefficient (Wildman–Crippen LogP) is 2.88. The first-order chi connectivity index (χ1) is 13.0. The molecule has 0 spiro atoms. The zero-order chi connectivity index (χ0) is 19.6.